The average Bonchev–Trinajstić information content (AvgIpc) is 3.40. The number of para-hydroxylation sites is 2. The summed E-state index contributed by atoms with van der Waals surface area (Å²) in [6.07, 6.45) is 2.66. The van der Waals surface area contributed by atoms with Crippen LogP contribution in [-0.2, 0) is 22.5 Å². The van der Waals surface area contributed by atoms with Gasteiger partial charge >= 0.3 is 6.03 Å². The first-order valence-corrected chi connectivity index (χ1v) is 14.0. The number of rotatable bonds is 13. The zero-order chi connectivity index (χ0) is 29.2. The van der Waals surface area contributed by atoms with E-state index in [1.54, 1.807) is 19.1 Å². The lowest BCUT2D eigenvalue weighted by Gasteiger charge is -2.28. The quantitative estimate of drug-likeness (QED) is 0.210. The summed E-state index contributed by atoms with van der Waals surface area (Å²) in [7, 11) is 3.21. The lowest BCUT2D eigenvalue weighted by Crippen LogP contribution is -2.46. The van der Waals surface area contributed by atoms with Crippen LogP contribution in [0.5, 0.6) is 5.75 Å². The number of nitrogens with zero attached hydrogens (tertiary/aromatic N) is 2. The van der Waals surface area contributed by atoms with Crippen molar-refractivity contribution in [1.29, 1.82) is 0 Å². The lowest BCUT2D eigenvalue weighted by atomic mass is 10.0. The van der Waals surface area contributed by atoms with Crippen LogP contribution in [0.15, 0.2) is 79.0 Å². The van der Waals surface area contributed by atoms with Gasteiger partial charge in [-0.1, -0.05) is 62.4 Å². The maximum atomic E-state index is 13.8. The van der Waals surface area contributed by atoms with Crippen LogP contribution in [0.25, 0.3) is 10.9 Å². The number of aromatic nitrogens is 1. The molecule has 0 radical (unpaired) electrons. The molecule has 0 bridgehead atoms. The van der Waals surface area contributed by atoms with Crippen LogP contribution in [-0.4, -0.2) is 67.2 Å². The van der Waals surface area contributed by atoms with Crippen LogP contribution in [0.3, 0.4) is 0 Å². The summed E-state index contributed by atoms with van der Waals surface area (Å²) >= 11 is 0. The number of urea groups is 1. The minimum Gasteiger partial charge on any atom is -0.496 e. The van der Waals surface area contributed by atoms with Crippen molar-refractivity contribution in [3.05, 3.63) is 95.7 Å². The van der Waals surface area contributed by atoms with Crippen molar-refractivity contribution in [3.8, 4) is 5.75 Å². The third kappa shape index (κ3) is 7.89. The summed E-state index contributed by atoms with van der Waals surface area (Å²) in [6.45, 7) is 5.61. The second-order valence-electron chi connectivity index (χ2n) is 10.4. The van der Waals surface area contributed by atoms with E-state index in [0.29, 0.717) is 37.7 Å². The van der Waals surface area contributed by atoms with Crippen molar-refractivity contribution in [2.24, 2.45) is 0 Å². The van der Waals surface area contributed by atoms with Crippen LogP contribution < -0.4 is 10.1 Å². The molecule has 1 aromatic heterocycles. The molecule has 1 heterocycles. The molecular formula is C33H40N4O4. The fourth-order valence-electron chi connectivity index (χ4n) is 4.80. The van der Waals surface area contributed by atoms with Crippen molar-refractivity contribution >= 4 is 28.5 Å². The van der Waals surface area contributed by atoms with Gasteiger partial charge in [0.1, 0.15) is 12.3 Å². The lowest BCUT2D eigenvalue weighted by molar-refractivity contribution is -0.132. The van der Waals surface area contributed by atoms with E-state index in [1.165, 1.54) is 10.5 Å². The van der Waals surface area contributed by atoms with Crippen LogP contribution in [0.2, 0.25) is 0 Å². The molecule has 0 atom stereocenters. The Morgan fingerprint density at radius 1 is 0.878 bits per heavy atom. The number of fused-ring (bicyclic) bond motifs is 1. The van der Waals surface area contributed by atoms with E-state index < -0.39 is 0 Å². The zero-order valence-corrected chi connectivity index (χ0v) is 24.4. The summed E-state index contributed by atoms with van der Waals surface area (Å²) in [6, 6.07) is 23.3. The van der Waals surface area contributed by atoms with Gasteiger partial charge in [0.05, 0.1) is 13.7 Å². The number of hydrogen-bond acceptors (Lipinski definition) is 4. The molecule has 8 nitrogen and oxygen atoms in total. The van der Waals surface area contributed by atoms with Crippen molar-refractivity contribution < 1.29 is 19.1 Å². The number of benzene rings is 3. The Bertz CT molecular complexity index is 1430. The first kappa shape index (κ1) is 29.7. The maximum absolute atomic E-state index is 13.8. The molecule has 3 aromatic carbocycles. The fraction of sp³-hybridized carbons (Fsp3) is 0.333. The molecule has 0 unspecified atom stereocenters. The molecule has 0 aliphatic heterocycles. The normalized spacial score (nSPS) is 11.0. The second-order valence-corrected chi connectivity index (χ2v) is 10.4. The number of aromatic amines is 1. The Balaban J connectivity index is 1.52. The third-order valence-corrected chi connectivity index (χ3v) is 7.24. The first-order valence-electron chi connectivity index (χ1n) is 14.0. The minimum absolute atomic E-state index is 0.0810. The SMILES string of the molecule is COCCN(CC(=O)N(CCc1c[nH]c2ccccc12)Cc1ccccc1OC)C(=O)Nc1ccc(C(C)C)cc1. The molecule has 0 aliphatic carbocycles. The van der Waals surface area contributed by atoms with E-state index in [2.05, 4.69) is 30.2 Å². The summed E-state index contributed by atoms with van der Waals surface area (Å²) in [5, 5.41) is 4.08. The Morgan fingerprint density at radius 2 is 1.61 bits per heavy atom. The summed E-state index contributed by atoms with van der Waals surface area (Å²) in [4.78, 5) is 33.8. The number of carbonyl (C=O) groups excluding carboxylic acids is 2. The molecule has 216 valence electrons. The summed E-state index contributed by atoms with van der Waals surface area (Å²) < 4.78 is 10.8. The highest BCUT2D eigenvalue weighted by atomic mass is 16.5. The Kier molecular flexibility index (Phi) is 10.4. The van der Waals surface area contributed by atoms with Crippen molar-refractivity contribution in [2.45, 2.75) is 32.7 Å². The summed E-state index contributed by atoms with van der Waals surface area (Å²) in [5.74, 6) is 0.961. The molecule has 0 spiro atoms. The monoisotopic (exact) mass is 556 g/mol. The van der Waals surface area contributed by atoms with E-state index in [1.807, 2.05) is 72.9 Å². The number of carbonyl (C=O) groups is 2. The number of ether oxygens (including phenoxy) is 2. The van der Waals surface area contributed by atoms with E-state index in [9.17, 15) is 9.59 Å². The molecule has 0 fully saturated rings. The number of H-pyrrole nitrogens is 1. The Labute approximate surface area is 242 Å². The van der Waals surface area contributed by atoms with Gasteiger partial charge in [0.2, 0.25) is 5.91 Å². The first-order chi connectivity index (χ1) is 19.9. The third-order valence-electron chi connectivity index (χ3n) is 7.24. The van der Waals surface area contributed by atoms with Gasteiger partial charge in [0.25, 0.3) is 0 Å². The molecule has 4 aromatic rings. The highest BCUT2D eigenvalue weighted by Crippen LogP contribution is 2.22. The fourth-order valence-corrected chi connectivity index (χ4v) is 4.80. The average molecular weight is 557 g/mol. The standard InChI is InChI=1S/C33H40N4O4/c1-24(2)25-13-15-28(16-14-25)35-33(39)37(19-20-40-3)23-32(38)36(22-27-9-5-8-12-31(27)41-4)18-17-26-21-34-30-11-7-6-10-29(26)30/h5-16,21,24,34H,17-20,22-23H2,1-4H3,(H,35,39). The van der Waals surface area contributed by atoms with Crippen LogP contribution in [0.4, 0.5) is 10.5 Å². The van der Waals surface area contributed by atoms with E-state index in [0.717, 1.165) is 27.8 Å². The number of methoxy groups -OCH3 is 2. The van der Waals surface area contributed by atoms with Gasteiger partial charge in [0, 0.05) is 55.1 Å². The zero-order valence-electron chi connectivity index (χ0n) is 24.4. The van der Waals surface area contributed by atoms with Crippen LogP contribution >= 0.6 is 0 Å². The molecule has 4 rings (SSSR count). The van der Waals surface area contributed by atoms with Gasteiger partial charge < -0.3 is 29.6 Å². The smallest absolute Gasteiger partial charge is 0.322 e. The van der Waals surface area contributed by atoms with E-state index in [-0.39, 0.29) is 25.0 Å². The Hall–Kier alpha value is -4.30. The van der Waals surface area contributed by atoms with Crippen LogP contribution in [0, 0.1) is 0 Å². The number of nitrogens with one attached hydrogen (secondary N) is 2. The molecule has 0 aliphatic rings. The maximum Gasteiger partial charge on any atom is 0.322 e. The molecular weight excluding hydrogens is 516 g/mol. The Morgan fingerprint density at radius 3 is 2.34 bits per heavy atom. The van der Waals surface area contributed by atoms with Crippen molar-refractivity contribution in [3.63, 3.8) is 0 Å². The van der Waals surface area contributed by atoms with Gasteiger partial charge in [-0.25, -0.2) is 4.79 Å². The predicted molar refractivity (Wildman–Crippen MR) is 163 cm³/mol. The van der Waals surface area contributed by atoms with Gasteiger partial charge in [-0.2, -0.15) is 0 Å². The minimum atomic E-state index is -0.346. The van der Waals surface area contributed by atoms with E-state index in [4.69, 9.17) is 9.47 Å². The van der Waals surface area contributed by atoms with Crippen molar-refractivity contribution in [1.82, 2.24) is 14.8 Å². The number of anilines is 1. The highest BCUT2D eigenvalue weighted by molar-refractivity contribution is 5.92. The molecule has 8 heteroatoms. The highest BCUT2D eigenvalue weighted by Gasteiger charge is 2.23. The number of amides is 3. The van der Waals surface area contributed by atoms with Gasteiger partial charge in [0.15, 0.2) is 0 Å². The number of hydrogen-bond donors (Lipinski definition) is 2. The molecule has 3 amide bonds. The predicted octanol–water partition coefficient (Wildman–Crippen LogP) is 6.05. The van der Waals surface area contributed by atoms with Gasteiger partial charge in [-0.15, -0.1) is 0 Å². The molecule has 0 saturated heterocycles. The second kappa shape index (κ2) is 14.4. The van der Waals surface area contributed by atoms with Crippen molar-refractivity contribution in [2.75, 3.05) is 45.8 Å². The van der Waals surface area contributed by atoms with E-state index >= 15 is 0 Å². The molecule has 0 saturated carbocycles. The van der Waals surface area contributed by atoms with Gasteiger partial charge in [-0.3, -0.25) is 4.79 Å². The summed E-state index contributed by atoms with van der Waals surface area (Å²) in [5.41, 5.74) is 4.97. The van der Waals surface area contributed by atoms with Crippen LogP contribution in [0.1, 0.15) is 36.5 Å². The largest absolute Gasteiger partial charge is 0.496 e. The van der Waals surface area contributed by atoms with Gasteiger partial charge in [-0.05, 0) is 47.7 Å². The topological polar surface area (TPSA) is 86.9 Å². The molecule has 2 N–H and O–H groups in total. The molecule has 41 heavy (non-hydrogen) atoms.